The summed E-state index contributed by atoms with van der Waals surface area (Å²) in [6.07, 6.45) is 0. The molecule has 1 atom stereocenters. The third kappa shape index (κ3) is 3.16. The highest BCUT2D eigenvalue weighted by molar-refractivity contribution is 5.82. The normalized spacial score (nSPS) is 11.5. The molecule has 0 amide bonds. The standard InChI is InChI=1S/C9H10N4O4/c10-9(11)12-7(8(14)15)5-1-3-6(4-2-5)13(16)17/h1-4,7H,(H,14,15)(H4,10,11,12). The molecule has 1 aromatic carbocycles. The molecule has 5 N–H and O–H groups in total. The van der Waals surface area contributed by atoms with E-state index in [1.165, 1.54) is 24.3 Å². The summed E-state index contributed by atoms with van der Waals surface area (Å²) in [7, 11) is 0. The minimum absolute atomic E-state index is 0.136. The highest BCUT2D eigenvalue weighted by Gasteiger charge is 2.19. The average Bonchev–Trinajstić information content (AvgIpc) is 2.25. The smallest absolute Gasteiger partial charge is 0.333 e. The molecule has 0 saturated heterocycles. The van der Waals surface area contributed by atoms with Crippen molar-refractivity contribution in [3.63, 3.8) is 0 Å². The maximum atomic E-state index is 10.9. The molecule has 0 spiro atoms. The Balaban J connectivity index is 3.08. The van der Waals surface area contributed by atoms with Gasteiger partial charge in [-0.3, -0.25) is 10.1 Å². The number of rotatable bonds is 4. The van der Waals surface area contributed by atoms with Crippen molar-refractivity contribution < 1.29 is 14.8 Å². The fourth-order valence-corrected chi connectivity index (χ4v) is 1.20. The Kier molecular flexibility index (Phi) is 3.60. The second kappa shape index (κ2) is 4.92. The number of aliphatic imine (C=N–C) groups is 1. The molecule has 0 fully saturated rings. The molecule has 0 aromatic heterocycles. The number of benzene rings is 1. The first-order chi connectivity index (χ1) is 7.91. The summed E-state index contributed by atoms with van der Waals surface area (Å²) in [6, 6.07) is 3.70. The SMILES string of the molecule is NC(N)=NC(C(=O)O)c1ccc([N+](=O)[O-])cc1. The Morgan fingerprint density at radius 1 is 1.35 bits per heavy atom. The Morgan fingerprint density at radius 3 is 2.24 bits per heavy atom. The van der Waals surface area contributed by atoms with Crippen LogP contribution in [0.25, 0.3) is 0 Å². The van der Waals surface area contributed by atoms with Gasteiger partial charge < -0.3 is 16.6 Å². The topological polar surface area (TPSA) is 145 Å². The Bertz CT molecular complexity index is 464. The predicted molar refractivity (Wildman–Crippen MR) is 59.3 cm³/mol. The van der Waals surface area contributed by atoms with E-state index >= 15 is 0 Å². The van der Waals surface area contributed by atoms with Crippen LogP contribution in [-0.2, 0) is 4.79 Å². The number of non-ortho nitro benzene ring substituents is 1. The first-order valence-corrected chi connectivity index (χ1v) is 4.47. The molecule has 0 aliphatic carbocycles. The summed E-state index contributed by atoms with van der Waals surface area (Å²) in [5.41, 5.74) is 10.3. The van der Waals surface area contributed by atoms with Crippen LogP contribution in [0.15, 0.2) is 29.3 Å². The number of nitrogens with zero attached hydrogens (tertiary/aromatic N) is 2. The fourth-order valence-electron chi connectivity index (χ4n) is 1.20. The van der Waals surface area contributed by atoms with Gasteiger partial charge >= 0.3 is 5.97 Å². The van der Waals surface area contributed by atoms with Crippen LogP contribution in [0.4, 0.5) is 5.69 Å². The molecule has 90 valence electrons. The van der Waals surface area contributed by atoms with Gasteiger partial charge in [0.25, 0.3) is 5.69 Å². The zero-order valence-electron chi connectivity index (χ0n) is 8.61. The summed E-state index contributed by atoms with van der Waals surface area (Å²) in [5.74, 6) is -1.61. The first kappa shape index (κ1) is 12.4. The largest absolute Gasteiger partial charge is 0.479 e. The highest BCUT2D eigenvalue weighted by Crippen LogP contribution is 2.20. The van der Waals surface area contributed by atoms with E-state index in [1.54, 1.807) is 0 Å². The van der Waals surface area contributed by atoms with E-state index in [9.17, 15) is 14.9 Å². The molecule has 17 heavy (non-hydrogen) atoms. The first-order valence-electron chi connectivity index (χ1n) is 4.47. The molecule has 8 nitrogen and oxygen atoms in total. The number of carboxylic acids is 1. The summed E-state index contributed by atoms with van der Waals surface area (Å²) in [4.78, 5) is 24.3. The lowest BCUT2D eigenvalue weighted by molar-refractivity contribution is -0.384. The molecule has 1 unspecified atom stereocenters. The van der Waals surface area contributed by atoms with Crippen molar-refractivity contribution >= 4 is 17.6 Å². The van der Waals surface area contributed by atoms with E-state index in [2.05, 4.69) is 4.99 Å². The minimum atomic E-state index is -1.26. The molecule has 1 rings (SSSR count). The van der Waals surface area contributed by atoms with Crippen molar-refractivity contribution in [2.24, 2.45) is 16.5 Å². The second-order valence-corrected chi connectivity index (χ2v) is 3.14. The lowest BCUT2D eigenvalue weighted by atomic mass is 10.1. The van der Waals surface area contributed by atoms with E-state index in [1.807, 2.05) is 0 Å². The monoisotopic (exact) mass is 238 g/mol. The number of hydrogen-bond donors (Lipinski definition) is 3. The molecule has 1 aromatic rings. The predicted octanol–water partition coefficient (Wildman–Crippen LogP) is -0.00610. The van der Waals surface area contributed by atoms with Gasteiger partial charge in [0.15, 0.2) is 12.0 Å². The third-order valence-corrected chi connectivity index (χ3v) is 1.93. The molecule has 0 bridgehead atoms. The zero-order valence-corrected chi connectivity index (χ0v) is 8.61. The fraction of sp³-hybridized carbons (Fsp3) is 0.111. The van der Waals surface area contributed by atoms with Crippen LogP contribution in [0.3, 0.4) is 0 Å². The number of nitrogens with two attached hydrogens (primary N) is 2. The zero-order chi connectivity index (χ0) is 13.0. The Hall–Kier alpha value is -2.64. The van der Waals surface area contributed by atoms with Crippen LogP contribution in [0, 0.1) is 10.1 Å². The van der Waals surface area contributed by atoms with Gasteiger partial charge in [-0.25, -0.2) is 9.79 Å². The van der Waals surface area contributed by atoms with Crippen molar-refractivity contribution in [1.29, 1.82) is 0 Å². The van der Waals surface area contributed by atoms with Gasteiger partial charge in [0.2, 0.25) is 0 Å². The molecule has 0 heterocycles. The minimum Gasteiger partial charge on any atom is -0.479 e. The highest BCUT2D eigenvalue weighted by atomic mass is 16.6. The van der Waals surface area contributed by atoms with Gasteiger partial charge in [-0.05, 0) is 17.7 Å². The van der Waals surface area contributed by atoms with Crippen molar-refractivity contribution in [3.8, 4) is 0 Å². The number of guanidine groups is 1. The van der Waals surface area contributed by atoms with E-state index < -0.39 is 16.9 Å². The van der Waals surface area contributed by atoms with E-state index in [-0.39, 0.29) is 17.2 Å². The molecular formula is C9H10N4O4. The Morgan fingerprint density at radius 2 is 1.88 bits per heavy atom. The Labute approximate surface area is 95.7 Å². The van der Waals surface area contributed by atoms with Crippen LogP contribution in [0.2, 0.25) is 0 Å². The van der Waals surface area contributed by atoms with Crippen LogP contribution in [-0.4, -0.2) is 22.0 Å². The summed E-state index contributed by atoms with van der Waals surface area (Å²) < 4.78 is 0. The van der Waals surface area contributed by atoms with Crippen molar-refractivity contribution in [2.75, 3.05) is 0 Å². The number of nitro benzene ring substituents is 1. The molecule has 0 saturated carbocycles. The van der Waals surface area contributed by atoms with Gasteiger partial charge in [-0.1, -0.05) is 0 Å². The molecule has 0 radical (unpaired) electrons. The quantitative estimate of drug-likeness (QED) is 0.291. The number of carbonyl (C=O) groups is 1. The summed E-state index contributed by atoms with van der Waals surface area (Å²) >= 11 is 0. The van der Waals surface area contributed by atoms with Gasteiger partial charge in [0.1, 0.15) is 0 Å². The lowest BCUT2D eigenvalue weighted by Crippen LogP contribution is -2.25. The summed E-state index contributed by atoms with van der Waals surface area (Å²) in [6.45, 7) is 0. The van der Waals surface area contributed by atoms with Crippen LogP contribution < -0.4 is 11.5 Å². The van der Waals surface area contributed by atoms with Crippen molar-refractivity contribution in [3.05, 3.63) is 39.9 Å². The number of aliphatic carboxylic acids is 1. The lowest BCUT2D eigenvalue weighted by Gasteiger charge is -2.07. The number of carboxylic acid groups (broad SMARTS) is 1. The van der Waals surface area contributed by atoms with Crippen LogP contribution in [0.1, 0.15) is 11.6 Å². The molecule has 0 aliphatic heterocycles. The molecule has 8 heteroatoms. The molecule has 0 aliphatic rings. The number of hydrogen-bond acceptors (Lipinski definition) is 4. The summed E-state index contributed by atoms with van der Waals surface area (Å²) in [5, 5.41) is 19.3. The van der Waals surface area contributed by atoms with Gasteiger partial charge in [0.05, 0.1) is 4.92 Å². The van der Waals surface area contributed by atoms with Crippen LogP contribution >= 0.6 is 0 Å². The van der Waals surface area contributed by atoms with Gasteiger partial charge in [-0.2, -0.15) is 0 Å². The maximum absolute atomic E-state index is 10.9. The van der Waals surface area contributed by atoms with E-state index in [4.69, 9.17) is 16.6 Å². The van der Waals surface area contributed by atoms with Gasteiger partial charge in [0, 0.05) is 12.1 Å². The third-order valence-electron chi connectivity index (χ3n) is 1.93. The number of nitro groups is 1. The van der Waals surface area contributed by atoms with E-state index in [0.29, 0.717) is 0 Å². The van der Waals surface area contributed by atoms with Crippen LogP contribution in [0.5, 0.6) is 0 Å². The van der Waals surface area contributed by atoms with E-state index in [0.717, 1.165) is 0 Å². The van der Waals surface area contributed by atoms with Crippen molar-refractivity contribution in [1.82, 2.24) is 0 Å². The van der Waals surface area contributed by atoms with Crippen molar-refractivity contribution in [2.45, 2.75) is 6.04 Å². The molecular weight excluding hydrogens is 228 g/mol. The average molecular weight is 238 g/mol. The van der Waals surface area contributed by atoms with Gasteiger partial charge in [-0.15, -0.1) is 0 Å². The maximum Gasteiger partial charge on any atom is 0.333 e. The second-order valence-electron chi connectivity index (χ2n) is 3.14.